The highest BCUT2D eigenvalue weighted by Gasteiger charge is 2.19. The van der Waals surface area contributed by atoms with Crippen molar-refractivity contribution in [3.63, 3.8) is 0 Å². The quantitative estimate of drug-likeness (QED) is 0.253. The Hall–Kier alpha value is -3.80. The van der Waals surface area contributed by atoms with Gasteiger partial charge < -0.3 is 20.8 Å². The second-order valence-corrected chi connectivity index (χ2v) is 9.95. The van der Waals surface area contributed by atoms with E-state index < -0.39 is 11.8 Å². The Morgan fingerprint density at radius 3 is 1.39 bits per heavy atom. The number of para-hydroxylation sites is 4. The molecule has 0 aliphatic heterocycles. The predicted octanol–water partition coefficient (Wildman–Crippen LogP) is 6.78. The lowest BCUT2D eigenvalue weighted by Gasteiger charge is -2.15. The van der Waals surface area contributed by atoms with Gasteiger partial charge in [0.2, 0.25) is 0 Å². The minimum atomic E-state index is -0.473. The van der Waals surface area contributed by atoms with Crippen LogP contribution in [-0.4, -0.2) is 22.0 Å². The molecule has 3 rings (SSSR count). The molecular formula is C30H36N2O4. The van der Waals surface area contributed by atoms with Crippen LogP contribution in [0.1, 0.15) is 72.4 Å². The van der Waals surface area contributed by atoms with E-state index in [1.165, 1.54) is 0 Å². The summed E-state index contributed by atoms with van der Waals surface area (Å²) >= 11 is 0. The van der Waals surface area contributed by atoms with Gasteiger partial charge in [0.1, 0.15) is 11.5 Å². The fourth-order valence-corrected chi connectivity index (χ4v) is 3.92. The van der Waals surface area contributed by atoms with Gasteiger partial charge in [-0.2, -0.15) is 0 Å². The van der Waals surface area contributed by atoms with Gasteiger partial charge in [0, 0.05) is 0 Å². The van der Waals surface area contributed by atoms with E-state index in [0.717, 1.165) is 24.0 Å². The summed E-state index contributed by atoms with van der Waals surface area (Å²) in [6.45, 7) is 8.45. The summed E-state index contributed by atoms with van der Waals surface area (Å²) in [4.78, 5) is 26.1. The first-order chi connectivity index (χ1) is 17.2. The molecule has 0 atom stereocenters. The third-order valence-corrected chi connectivity index (χ3v) is 6.13. The molecule has 0 saturated carbocycles. The molecule has 190 valence electrons. The molecule has 6 nitrogen and oxygen atoms in total. The van der Waals surface area contributed by atoms with Gasteiger partial charge in [-0.05, 0) is 72.9 Å². The fourth-order valence-electron chi connectivity index (χ4n) is 3.92. The van der Waals surface area contributed by atoms with Crippen LogP contribution in [0, 0.1) is 11.8 Å². The minimum absolute atomic E-state index is 0.0275. The highest BCUT2D eigenvalue weighted by Crippen LogP contribution is 2.29. The molecule has 0 bridgehead atoms. The number of phenols is 2. The SMILES string of the molecule is CC(C)CCc1cccc(C(=O)Nc2ccccc2NC(=O)c2cccc(CCC(C)C)c2O)c1O. The zero-order chi connectivity index (χ0) is 26.2. The number of hydrogen-bond acceptors (Lipinski definition) is 4. The van der Waals surface area contributed by atoms with Crippen molar-refractivity contribution in [3.8, 4) is 11.5 Å². The largest absolute Gasteiger partial charge is 0.507 e. The summed E-state index contributed by atoms with van der Waals surface area (Å²) in [6, 6.07) is 17.1. The number of amides is 2. The van der Waals surface area contributed by atoms with E-state index in [1.807, 2.05) is 12.1 Å². The van der Waals surface area contributed by atoms with E-state index in [-0.39, 0.29) is 22.6 Å². The molecule has 3 aromatic carbocycles. The highest BCUT2D eigenvalue weighted by molar-refractivity contribution is 6.11. The van der Waals surface area contributed by atoms with Crippen molar-refractivity contribution < 1.29 is 19.8 Å². The molecule has 0 unspecified atom stereocenters. The third-order valence-electron chi connectivity index (χ3n) is 6.13. The summed E-state index contributed by atoms with van der Waals surface area (Å²) in [5.74, 6) is -0.0423. The maximum Gasteiger partial charge on any atom is 0.259 e. The maximum atomic E-state index is 13.0. The van der Waals surface area contributed by atoms with Crippen molar-refractivity contribution in [2.75, 3.05) is 10.6 Å². The summed E-state index contributed by atoms with van der Waals surface area (Å²) < 4.78 is 0. The number of aryl methyl sites for hydroxylation is 2. The lowest BCUT2D eigenvalue weighted by atomic mass is 9.99. The standard InChI is InChI=1S/C30H36N2O4/c1-19(2)15-17-21-9-7-11-23(27(21)33)29(35)31-25-13-5-6-14-26(25)32-30(36)24-12-8-10-22(28(24)34)18-16-20(3)4/h5-14,19-20,33-34H,15-18H2,1-4H3,(H,31,35)(H,32,36). The van der Waals surface area contributed by atoms with Crippen LogP contribution >= 0.6 is 0 Å². The summed E-state index contributed by atoms with van der Waals surface area (Å²) in [5.41, 5.74) is 2.58. The van der Waals surface area contributed by atoms with Gasteiger partial charge in [0.25, 0.3) is 11.8 Å². The van der Waals surface area contributed by atoms with Crippen molar-refractivity contribution >= 4 is 23.2 Å². The Kier molecular flexibility index (Phi) is 9.12. The Labute approximate surface area is 213 Å². The van der Waals surface area contributed by atoms with Crippen molar-refractivity contribution in [3.05, 3.63) is 82.9 Å². The monoisotopic (exact) mass is 488 g/mol. The average molecular weight is 489 g/mol. The first kappa shape index (κ1) is 26.8. The van der Waals surface area contributed by atoms with Crippen LogP contribution in [0.5, 0.6) is 11.5 Å². The zero-order valence-electron chi connectivity index (χ0n) is 21.5. The van der Waals surface area contributed by atoms with Crippen molar-refractivity contribution in [1.29, 1.82) is 0 Å². The van der Waals surface area contributed by atoms with Crippen molar-refractivity contribution in [2.24, 2.45) is 11.8 Å². The Balaban J connectivity index is 1.78. The molecule has 0 aliphatic rings. The molecule has 6 heteroatoms. The molecule has 4 N–H and O–H groups in total. The molecule has 0 aromatic heterocycles. The average Bonchev–Trinajstić information content (AvgIpc) is 2.83. The number of benzene rings is 3. The van der Waals surface area contributed by atoms with E-state index >= 15 is 0 Å². The molecular weight excluding hydrogens is 452 g/mol. The van der Waals surface area contributed by atoms with Crippen molar-refractivity contribution in [2.45, 2.75) is 53.4 Å². The molecule has 0 spiro atoms. The van der Waals surface area contributed by atoms with Crippen LogP contribution in [0.2, 0.25) is 0 Å². The maximum absolute atomic E-state index is 13.0. The van der Waals surface area contributed by atoms with Crippen LogP contribution in [0.4, 0.5) is 11.4 Å². The number of carbonyl (C=O) groups excluding carboxylic acids is 2. The second-order valence-electron chi connectivity index (χ2n) is 9.95. The van der Waals surface area contributed by atoms with E-state index in [9.17, 15) is 19.8 Å². The third kappa shape index (κ3) is 6.87. The van der Waals surface area contributed by atoms with Crippen LogP contribution in [0.25, 0.3) is 0 Å². The smallest absolute Gasteiger partial charge is 0.259 e. The molecule has 0 aliphatic carbocycles. The van der Waals surface area contributed by atoms with Gasteiger partial charge in [-0.25, -0.2) is 0 Å². The summed E-state index contributed by atoms with van der Waals surface area (Å²) in [7, 11) is 0. The van der Waals surface area contributed by atoms with E-state index in [0.29, 0.717) is 36.1 Å². The predicted molar refractivity (Wildman–Crippen MR) is 145 cm³/mol. The van der Waals surface area contributed by atoms with Crippen LogP contribution < -0.4 is 10.6 Å². The lowest BCUT2D eigenvalue weighted by molar-refractivity contribution is 0.101. The lowest BCUT2D eigenvalue weighted by Crippen LogP contribution is -2.17. The van der Waals surface area contributed by atoms with Crippen molar-refractivity contribution in [1.82, 2.24) is 0 Å². The Morgan fingerprint density at radius 2 is 1.03 bits per heavy atom. The zero-order valence-corrected chi connectivity index (χ0v) is 21.5. The summed E-state index contributed by atoms with van der Waals surface area (Å²) in [5, 5.41) is 27.0. The highest BCUT2D eigenvalue weighted by atomic mass is 16.3. The molecule has 0 fully saturated rings. The van der Waals surface area contributed by atoms with Gasteiger partial charge in [-0.3, -0.25) is 9.59 Å². The molecule has 3 aromatic rings. The molecule has 0 radical (unpaired) electrons. The van der Waals surface area contributed by atoms with Crippen LogP contribution in [-0.2, 0) is 12.8 Å². The number of nitrogens with one attached hydrogen (secondary N) is 2. The Bertz CT molecular complexity index is 1120. The van der Waals surface area contributed by atoms with Gasteiger partial charge in [0.15, 0.2) is 0 Å². The number of rotatable bonds is 10. The normalized spacial score (nSPS) is 11.1. The molecule has 0 saturated heterocycles. The number of hydrogen-bond donors (Lipinski definition) is 4. The van der Waals surface area contributed by atoms with Gasteiger partial charge >= 0.3 is 0 Å². The van der Waals surface area contributed by atoms with Gasteiger partial charge in [-0.15, -0.1) is 0 Å². The number of phenolic OH excluding ortho intramolecular Hbond substituents is 2. The van der Waals surface area contributed by atoms with Crippen LogP contribution in [0.15, 0.2) is 60.7 Å². The summed E-state index contributed by atoms with van der Waals surface area (Å²) in [6.07, 6.45) is 3.16. The van der Waals surface area contributed by atoms with E-state index in [4.69, 9.17) is 0 Å². The number of anilines is 2. The first-order valence-electron chi connectivity index (χ1n) is 12.5. The van der Waals surface area contributed by atoms with Gasteiger partial charge in [0.05, 0.1) is 22.5 Å². The topological polar surface area (TPSA) is 98.7 Å². The van der Waals surface area contributed by atoms with Gasteiger partial charge in [-0.1, -0.05) is 64.1 Å². The van der Waals surface area contributed by atoms with E-state index in [1.54, 1.807) is 48.5 Å². The number of aromatic hydroxyl groups is 2. The van der Waals surface area contributed by atoms with E-state index in [2.05, 4.69) is 38.3 Å². The Morgan fingerprint density at radius 1 is 0.639 bits per heavy atom. The minimum Gasteiger partial charge on any atom is -0.507 e. The number of carbonyl (C=O) groups is 2. The van der Waals surface area contributed by atoms with Crippen LogP contribution in [0.3, 0.4) is 0 Å². The second kappa shape index (κ2) is 12.2. The molecule has 0 heterocycles. The molecule has 36 heavy (non-hydrogen) atoms. The fraction of sp³-hybridized carbons (Fsp3) is 0.333. The molecule has 2 amide bonds. The first-order valence-corrected chi connectivity index (χ1v) is 12.5.